The van der Waals surface area contributed by atoms with Crippen LogP contribution in [0.25, 0.3) is 11.1 Å². The first kappa shape index (κ1) is 18.8. The van der Waals surface area contributed by atoms with Crippen LogP contribution < -0.4 is 4.90 Å². The van der Waals surface area contributed by atoms with E-state index in [0.29, 0.717) is 11.6 Å². The van der Waals surface area contributed by atoms with Crippen molar-refractivity contribution in [3.8, 4) is 11.1 Å². The average molecular weight is 404 g/mol. The lowest BCUT2D eigenvalue weighted by Gasteiger charge is -2.23. The maximum Gasteiger partial charge on any atom is 0.231 e. The summed E-state index contributed by atoms with van der Waals surface area (Å²) in [5.74, 6) is -0.0455. The lowest BCUT2D eigenvalue weighted by molar-refractivity contribution is -0.118. The molecule has 0 unspecified atom stereocenters. The minimum atomic E-state index is -0.0455. The fourth-order valence-corrected chi connectivity index (χ4v) is 3.29. The molecule has 0 saturated heterocycles. The maximum absolute atomic E-state index is 13.1. The highest BCUT2D eigenvalue weighted by atomic mass is 35.5. The van der Waals surface area contributed by atoms with Crippen molar-refractivity contribution in [1.82, 2.24) is 20.2 Å². The number of nitrogens with one attached hydrogen (secondary N) is 1. The van der Waals surface area contributed by atoms with Crippen molar-refractivity contribution in [2.24, 2.45) is 0 Å². The lowest BCUT2D eigenvalue weighted by Crippen LogP contribution is -2.31. The number of anilines is 1. The molecule has 0 atom stereocenters. The van der Waals surface area contributed by atoms with E-state index in [9.17, 15) is 4.79 Å². The standard InChI is InChI=1S/C22H18ClN5O/c23-20-3-1-2-16(8-20)14-28(22(29)9-17-10-24-15-25-11-17)21-6-4-18(5-7-21)19-12-26-27-13-19/h1-8,10-13,15H,9,14H2,(H,26,27). The van der Waals surface area contributed by atoms with E-state index in [2.05, 4.69) is 20.2 Å². The Morgan fingerprint density at radius 2 is 1.76 bits per heavy atom. The summed E-state index contributed by atoms with van der Waals surface area (Å²) in [5, 5.41) is 7.43. The van der Waals surface area contributed by atoms with Crippen LogP contribution in [0.1, 0.15) is 11.1 Å². The third-order valence-electron chi connectivity index (χ3n) is 4.51. The first-order chi connectivity index (χ1) is 14.2. The van der Waals surface area contributed by atoms with E-state index in [4.69, 9.17) is 11.6 Å². The van der Waals surface area contributed by atoms with Gasteiger partial charge >= 0.3 is 0 Å². The predicted octanol–water partition coefficient (Wildman–Crippen LogP) is 4.30. The summed E-state index contributed by atoms with van der Waals surface area (Å²) >= 11 is 6.13. The number of aromatic nitrogens is 4. The Morgan fingerprint density at radius 3 is 2.45 bits per heavy atom. The second-order valence-electron chi connectivity index (χ2n) is 6.57. The molecule has 0 aliphatic carbocycles. The van der Waals surface area contributed by atoms with Gasteiger partial charge < -0.3 is 4.90 Å². The zero-order valence-corrected chi connectivity index (χ0v) is 16.3. The molecular formula is C22H18ClN5O. The third-order valence-corrected chi connectivity index (χ3v) is 4.75. The van der Waals surface area contributed by atoms with Gasteiger partial charge in [0.2, 0.25) is 5.91 Å². The molecule has 2 heterocycles. The van der Waals surface area contributed by atoms with Crippen molar-refractivity contribution in [3.05, 3.63) is 95.8 Å². The smallest absolute Gasteiger partial charge is 0.231 e. The number of H-pyrrole nitrogens is 1. The van der Waals surface area contributed by atoms with E-state index in [-0.39, 0.29) is 12.3 Å². The molecule has 0 spiro atoms. The fraction of sp³-hybridized carbons (Fsp3) is 0.0909. The number of hydrogen-bond acceptors (Lipinski definition) is 4. The summed E-state index contributed by atoms with van der Waals surface area (Å²) in [6, 6.07) is 15.4. The predicted molar refractivity (Wildman–Crippen MR) is 112 cm³/mol. The van der Waals surface area contributed by atoms with Crippen molar-refractivity contribution >= 4 is 23.2 Å². The second kappa shape index (κ2) is 8.67. The molecule has 29 heavy (non-hydrogen) atoms. The quantitative estimate of drug-likeness (QED) is 0.521. The van der Waals surface area contributed by atoms with Gasteiger partial charge in [-0.15, -0.1) is 0 Å². The largest absolute Gasteiger partial charge is 0.308 e. The van der Waals surface area contributed by atoms with Crippen molar-refractivity contribution in [1.29, 1.82) is 0 Å². The minimum Gasteiger partial charge on any atom is -0.308 e. The maximum atomic E-state index is 13.1. The van der Waals surface area contributed by atoms with Gasteiger partial charge in [-0.3, -0.25) is 9.89 Å². The molecule has 0 fully saturated rings. The van der Waals surface area contributed by atoms with E-state index in [1.807, 2.05) is 54.7 Å². The monoisotopic (exact) mass is 403 g/mol. The molecule has 2 aromatic carbocycles. The van der Waals surface area contributed by atoms with Gasteiger partial charge in [-0.1, -0.05) is 35.9 Å². The van der Waals surface area contributed by atoms with E-state index < -0.39 is 0 Å². The van der Waals surface area contributed by atoms with E-state index in [0.717, 1.165) is 27.9 Å². The van der Waals surface area contributed by atoms with E-state index in [1.54, 1.807) is 23.5 Å². The highest BCUT2D eigenvalue weighted by Gasteiger charge is 2.17. The number of nitrogens with zero attached hydrogens (tertiary/aromatic N) is 4. The highest BCUT2D eigenvalue weighted by Crippen LogP contribution is 2.25. The highest BCUT2D eigenvalue weighted by molar-refractivity contribution is 6.30. The van der Waals surface area contributed by atoms with Crippen LogP contribution >= 0.6 is 11.6 Å². The van der Waals surface area contributed by atoms with Crippen LogP contribution in [0, 0.1) is 0 Å². The molecule has 1 amide bonds. The van der Waals surface area contributed by atoms with Crippen LogP contribution in [0.4, 0.5) is 5.69 Å². The van der Waals surface area contributed by atoms with E-state index in [1.165, 1.54) is 6.33 Å². The van der Waals surface area contributed by atoms with Crippen LogP contribution in [-0.2, 0) is 17.8 Å². The molecular weight excluding hydrogens is 386 g/mol. The summed E-state index contributed by atoms with van der Waals surface area (Å²) in [4.78, 5) is 22.9. The molecule has 4 aromatic rings. The Labute approximate surface area is 173 Å². The summed E-state index contributed by atoms with van der Waals surface area (Å²) in [7, 11) is 0. The Morgan fingerprint density at radius 1 is 0.966 bits per heavy atom. The Hall–Kier alpha value is -3.51. The van der Waals surface area contributed by atoms with Gasteiger partial charge in [0.25, 0.3) is 0 Å². The number of halogens is 1. The third kappa shape index (κ3) is 4.67. The Balaban J connectivity index is 1.62. The van der Waals surface area contributed by atoms with Gasteiger partial charge in [-0.05, 0) is 41.0 Å². The molecule has 144 valence electrons. The van der Waals surface area contributed by atoms with Gasteiger partial charge in [0.05, 0.1) is 19.2 Å². The summed E-state index contributed by atoms with van der Waals surface area (Å²) in [6.45, 7) is 0.415. The number of benzene rings is 2. The normalized spacial score (nSPS) is 10.7. The van der Waals surface area contributed by atoms with E-state index >= 15 is 0 Å². The van der Waals surface area contributed by atoms with Crippen LogP contribution in [-0.4, -0.2) is 26.1 Å². The Kier molecular flexibility index (Phi) is 5.63. The van der Waals surface area contributed by atoms with Crippen molar-refractivity contribution in [3.63, 3.8) is 0 Å². The number of hydrogen-bond donors (Lipinski definition) is 1. The van der Waals surface area contributed by atoms with Gasteiger partial charge in [-0.25, -0.2) is 9.97 Å². The summed E-state index contributed by atoms with van der Waals surface area (Å²) < 4.78 is 0. The van der Waals surface area contributed by atoms with Crippen LogP contribution in [0.15, 0.2) is 79.6 Å². The first-order valence-electron chi connectivity index (χ1n) is 9.07. The molecule has 1 N–H and O–H groups in total. The van der Waals surface area contributed by atoms with Gasteiger partial charge in [0, 0.05) is 34.9 Å². The van der Waals surface area contributed by atoms with Crippen molar-refractivity contribution < 1.29 is 4.79 Å². The van der Waals surface area contributed by atoms with Gasteiger partial charge in [0.1, 0.15) is 6.33 Å². The van der Waals surface area contributed by atoms with Crippen LogP contribution in [0.5, 0.6) is 0 Å². The molecule has 0 radical (unpaired) electrons. The van der Waals surface area contributed by atoms with Crippen LogP contribution in [0.2, 0.25) is 5.02 Å². The molecule has 2 aromatic heterocycles. The summed E-state index contributed by atoms with van der Waals surface area (Å²) in [5.41, 5.74) is 4.54. The lowest BCUT2D eigenvalue weighted by atomic mass is 10.1. The fourth-order valence-electron chi connectivity index (χ4n) is 3.08. The molecule has 0 saturated carbocycles. The zero-order chi connectivity index (χ0) is 20.1. The second-order valence-corrected chi connectivity index (χ2v) is 7.00. The SMILES string of the molecule is O=C(Cc1cncnc1)N(Cc1cccc(Cl)c1)c1ccc(-c2cn[nH]c2)cc1. The molecule has 0 aliphatic rings. The molecule has 0 bridgehead atoms. The number of carbonyl (C=O) groups is 1. The molecule has 7 heteroatoms. The first-order valence-corrected chi connectivity index (χ1v) is 9.45. The van der Waals surface area contributed by atoms with Crippen molar-refractivity contribution in [2.45, 2.75) is 13.0 Å². The Bertz CT molecular complexity index is 1080. The number of carbonyl (C=O) groups excluding carboxylic acids is 1. The number of amides is 1. The topological polar surface area (TPSA) is 74.8 Å². The average Bonchev–Trinajstić information content (AvgIpc) is 3.28. The van der Waals surface area contributed by atoms with Gasteiger partial charge in [0.15, 0.2) is 0 Å². The number of rotatable bonds is 6. The number of aromatic amines is 1. The van der Waals surface area contributed by atoms with Gasteiger partial charge in [-0.2, -0.15) is 5.10 Å². The minimum absolute atomic E-state index is 0.0455. The van der Waals surface area contributed by atoms with Crippen molar-refractivity contribution in [2.75, 3.05) is 4.90 Å². The van der Waals surface area contributed by atoms with Crippen LogP contribution in [0.3, 0.4) is 0 Å². The summed E-state index contributed by atoms with van der Waals surface area (Å²) in [6.07, 6.45) is 8.57. The molecule has 4 rings (SSSR count). The molecule has 6 nitrogen and oxygen atoms in total. The molecule has 0 aliphatic heterocycles. The zero-order valence-electron chi connectivity index (χ0n) is 15.5.